The molecule has 7 nitrogen and oxygen atoms in total. The van der Waals surface area contributed by atoms with Crippen molar-refractivity contribution in [3.63, 3.8) is 0 Å². The molecule has 7 heteroatoms. The fraction of sp³-hybridized carbons (Fsp3) is 0.333. The number of benzene rings is 1. The third kappa shape index (κ3) is 2.30. The minimum atomic E-state index is -2.83. The number of carbonyl (C=O) groups excluding carboxylic acids is 2. The smallest absolute Gasteiger partial charge is 0.331 e. The molecule has 1 saturated heterocycles. The molecule has 1 fully saturated rings. The Kier molecular flexibility index (Phi) is 3.52. The number of hydrogen-bond donors (Lipinski definition) is 3. The van der Waals surface area contributed by atoms with E-state index in [4.69, 9.17) is 4.74 Å². The van der Waals surface area contributed by atoms with Crippen molar-refractivity contribution in [2.45, 2.75) is 18.8 Å². The number of nitrogens with zero attached hydrogens (tertiary/aromatic N) is 1. The van der Waals surface area contributed by atoms with Gasteiger partial charge >= 0.3 is 11.9 Å². The summed E-state index contributed by atoms with van der Waals surface area (Å²) in [4.78, 5) is 23.5. The molecule has 1 atom stereocenters. The van der Waals surface area contributed by atoms with Crippen LogP contribution in [0.1, 0.15) is 6.92 Å². The highest BCUT2D eigenvalue weighted by Crippen LogP contribution is 2.24. The van der Waals surface area contributed by atoms with Gasteiger partial charge in [-0.25, -0.2) is 10.4 Å². The van der Waals surface area contributed by atoms with E-state index in [0.29, 0.717) is 5.69 Å². The molecule has 0 aliphatic carbocycles. The van der Waals surface area contributed by atoms with Crippen molar-refractivity contribution in [3.8, 4) is 0 Å². The second-order valence-electron chi connectivity index (χ2n) is 4.02. The Morgan fingerprint density at radius 3 is 2.63 bits per heavy atom. The SMILES string of the molecule is CCOC(=O)C1NN(c2ccccc2)C(=O)C1(O)O. The van der Waals surface area contributed by atoms with Crippen LogP contribution in [-0.2, 0) is 14.3 Å². The number of nitrogens with one attached hydrogen (secondary N) is 1. The molecule has 3 N–H and O–H groups in total. The lowest BCUT2D eigenvalue weighted by Crippen LogP contribution is -2.51. The Morgan fingerprint density at radius 2 is 2.05 bits per heavy atom. The number of carbonyl (C=O) groups is 2. The third-order valence-corrected chi connectivity index (χ3v) is 2.72. The number of anilines is 1. The van der Waals surface area contributed by atoms with Crippen LogP contribution in [0.3, 0.4) is 0 Å². The molecule has 1 aliphatic heterocycles. The molecule has 1 amide bonds. The predicted molar refractivity (Wildman–Crippen MR) is 64.7 cm³/mol. The van der Waals surface area contributed by atoms with Crippen LogP contribution in [0.25, 0.3) is 0 Å². The van der Waals surface area contributed by atoms with Crippen molar-refractivity contribution in [1.82, 2.24) is 5.43 Å². The van der Waals surface area contributed by atoms with Crippen LogP contribution in [0, 0.1) is 0 Å². The molecule has 19 heavy (non-hydrogen) atoms. The molecule has 1 aliphatic rings. The van der Waals surface area contributed by atoms with Gasteiger partial charge in [0.25, 0.3) is 5.79 Å². The Bertz CT molecular complexity index is 488. The van der Waals surface area contributed by atoms with E-state index >= 15 is 0 Å². The van der Waals surface area contributed by atoms with Crippen molar-refractivity contribution in [3.05, 3.63) is 30.3 Å². The number of amides is 1. The van der Waals surface area contributed by atoms with Crippen LogP contribution in [-0.4, -0.2) is 40.5 Å². The summed E-state index contributed by atoms with van der Waals surface area (Å²) in [6.45, 7) is 1.66. The summed E-state index contributed by atoms with van der Waals surface area (Å²) in [6.07, 6.45) is 0. The molecule has 0 spiro atoms. The van der Waals surface area contributed by atoms with Gasteiger partial charge in [0.2, 0.25) is 0 Å². The van der Waals surface area contributed by atoms with Gasteiger partial charge in [-0.05, 0) is 19.1 Å². The van der Waals surface area contributed by atoms with Crippen molar-refractivity contribution in [2.75, 3.05) is 11.6 Å². The van der Waals surface area contributed by atoms with Gasteiger partial charge < -0.3 is 14.9 Å². The van der Waals surface area contributed by atoms with E-state index in [-0.39, 0.29) is 6.61 Å². The van der Waals surface area contributed by atoms with Crippen LogP contribution in [0.2, 0.25) is 0 Å². The molecule has 1 aromatic carbocycles. The van der Waals surface area contributed by atoms with E-state index in [2.05, 4.69) is 5.43 Å². The standard InChI is InChI=1S/C12H14N2O5/c1-2-19-10(15)9-12(17,18)11(16)14(13-9)8-6-4-3-5-7-8/h3-7,9,13,17-18H,2H2,1H3. The minimum Gasteiger partial charge on any atom is -0.465 e. The lowest BCUT2D eigenvalue weighted by Gasteiger charge is -2.17. The summed E-state index contributed by atoms with van der Waals surface area (Å²) < 4.78 is 4.69. The summed E-state index contributed by atoms with van der Waals surface area (Å²) in [6, 6.07) is 6.73. The van der Waals surface area contributed by atoms with E-state index in [9.17, 15) is 19.8 Å². The molecular weight excluding hydrogens is 252 g/mol. The van der Waals surface area contributed by atoms with E-state index in [1.807, 2.05) is 0 Å². The van der Waals surface area contributed by atoms with Gasteiger partial charge in [-0.15, -0.1) is 0 Å². The van der Waals surface area contributed by atoms with Gasteiger partial charge in [0.1, 0.15) is 0 Å². The molecule has 2 rings (SSSR count). The second-order valence-corrected chi connectivity index (χ2v) is 4.02. The first kappa shape index (κ1) is 13.5. The number of hydrogen-bond acceptors (Lipinski definition) is 6. The second kappa shape index (κ2) is 4.96. The lowest BCUT2D eigenvalue weighted by atomic mass is 10.1. The monoisotopic (exact) mass is 266 g/mol. The van der Waals surface area contributed by atoms with Gasteiger partial charge in [0.05, 0.1) is 12.3 Å². The molecule has 1 heterocycles. The van der Waals surface area contributed by atoms with Gasteiger partial charge in [-0.3, -0.25) is 9.59 Å². The van der Waals surface area contributed by atoms with Gasteiger partial charge in [-0.2, -0.15) is 0 Å². The molecule has 1 aromatic rings. The van der Waals surface area contributed by atoms with Crippen molar-refractivity contribution < 1.29 is 24.5 Å². The summed E-state index contributed by atoms with van der Waals surface area (Å²) in [5.41, 5.74) is 2.84. The average molecular weight is 266 g/mol. The number of para-hydroxylation sites is 1. The van der Waals surface area contributed by atoms with Crippen molar-refractivity contribution in [1.29, 1.82) is 0 Å². The first-order valence-corrected chi connectivity index (χ1v) is 5.75. The maximum Gasteiger partial charge on any atom is 0.331 e. The van der Waals surface area contributed by atoms with Crippen LogP contribution < -0.4 is 10.4 Å². The van der Waals surface area contributed by atoms with E-state index in [0.717, 1.165) is 5.01 Å². The highest BCUT2D eigenvalue weighted by Gasteiger charge is 2.57. The van der Waals surface area contributed by atoms with E-state index in [1.165, 1.54) is 0 Å². The van der Waals surface area contributed by atoms with Crippen LogP contribution in [0.15, 0.2) is 30.3 Å². The van der Waals surface area contributed by atoms with E-state index < -0.39 is 23.7 Å². The zero-order valence-electron chi connectivity index (χ0n) is 10.2. The quantitative estimate of drug-likeness (QED) is 0.487. The van der Waals surface area contributed by atoms with Gasteiger partial charge in [0.15, 0.2) is 6.04 Å². The Morgan fingerprint density at radius 1 is 1.42 bits per heavy atom. The predicted octanol–water partition coefficient (Wildman–Crippen LogP) is -0.850. The highest BCUT2D eigenvalue weighted by atomic mass is 16.6. The summed E-state index contributed by atoms with van der Waals surface area (Å²) in [7, 11) is 0. The topological polar surface area (TPSA) is 99.1 Å². The fourth-order valence-electron chi connectivity index (χ4n) is 1.78. The first-order chi connectivity index (χ1) is 8.98. The molecular formula is C12H14N2O5. The Balaban J connectivity index is 2.27. The Hall–Kier alpha value is -1.96. The maximum absolute atomic E-state index is 11.9. The van der Waals surface area contributed by atoms with Crippen molar-refractivity contribution >= 4 is 17.6 Å². The van der Waals surface area contributed by atoms with Crippen LogP contribution >= 0.6 is 0 Å². The maximum atomic E-state index is 11.9. The van der Waals surface area contributed by atoms with Gasteiger partial charge in [0, 0.05) is 0 Å². The molecule has 0 bridgehead atoms. The zero-order valence-corrected chi connectivity index (χ0v) is 10.2. The highest BCUT2D eigenvalue weighted by molar-refractivity contribution is 6.04. The van der Waals surface area contributed by atoms with Crippen LogP contribution in [0.5, 0.6) is 0 Å². The fourth-order valence-corrected chi connectivity index (χ4v) is 1.78. The lowest BCUT2D eigenvalue weighted by molar-refractivity contribution is -0.191. The molecule has 1 unspecified atom stereocenters. The first-order valence-electron chi connectivity index (χ1n) is 5.75. The van der Waals surface area contributed by atoms with Crippen LogP contribution in [0.4, 0.5) is 5.69 Å². The number of esters is 1. The normalized spacial score (nSPS) is 21.5. The number of rotatable bonds is 3. The molecule has 0 saturated carbocycles. The summed E-state index contributed by atoms with van der Waals surface area (Å²) in [5.74, 6) is -4.77. The molecule has 0 aromatic heterocycles. The zero-order chi connectivity index (χ0) is 14.0. The molecule has 0 radical (unpaired) electrons. The van der Waals surface area contributed by atoms with Crippen molar-refractivity contribution in [2.24, 2.45) is 0 Å². The third-order valence-electron chi connectivity index (χ3n) is 2.72. The number of aliphatic hydroxyl groups is 2. The number of ether oxygens (including phenoxy) is 1. The Labute approximate surface area is 109 Å². The summed E-state index contributed by atoms with van der Waals surface area (Å²) in [5, 5.41) is 20.4. The summed E-state index contributed by atoms with van der Waals surface area (Å²) >= 11 is 0. The largest absolute Gasteiger partial charge is 0.465 e. The van der Waals surface area contributed by atoms with Gasteiger partial charge in [-0.1, -0.05) is 18.2 Å². The number of hydrazine groups is 1. The molecule has 102 valence electrons. The van der Waals surface area contributed by atoms with E-state index in [1.54, 1.807) is 37.3 Å². The minimum absolute atomic E-state index is 0.0760. The average Bonchev–Trinajstić information content (AvgIpc) is 2.63.